The average molecular weight is 340 g/mol. The molecule has 0 bridgehead atoms. The minimum Gasteiger partial charge on any atom is -0.497 e. The predicted molar refractivity (Wildman–Crippen MR) is 83.0 cm³/mol. The van der Waals surface area contributed by atoms with Crippen molar-refractivity contribution in [3.8, 4) is 11.5 Å². The van der Waals surface area contributed by atoms with E-state index in [9.17, 15) is 13.2 Å². The van der Waals surface area contributed by atoms with Gasteiger partial charge in [0.2, 0.25) is 15.9 Å². The van der Waals surface area contributed by atoms with Gasteiger partial charge in [0, 0.05) is 31.1 Å². The zero-order valence-electron chi connectivity index (χ0n) is 13.1. The maximum absolute atomic E-state index is 12.6. The summed E-state index contributed by atoms with van der Waals surface area (Å²) in [7, 11) is -0.871. The summed E-state index contributed by atoms with van der Waals surface area (Å²) < 4.78 is 38.1. The van der Waals surface area contributed by atoms with Crippen molar-refractivity contribution in [1.29, 1.82) is 0 Å². The van der Waals surface area contributed by atoms with Gasteiger partial charge in [-0.3, -0.25) is 4.79 Å². The lowest BCUT2D eigenvalue weighted by atomic mass is 10.3. The van der Waals surface area contributed by atoms with Crippen LogP contribution >= 0.6 is 0 Å². The topological polar surface area (TPSA) is 84.9 Å². The van der Waals surface area contributed by atoms with Gasteiger partial charge in [0.1, 0.15) is 16.4 Å². The van der Waals surface area contributed by atoms with E-state index in [4.69, 9.17) is 9.47 Å². The zero-order valence-corrected chi connectivity index (χ0v) is 13.9. The maximum atomic E-state index is 12.6. The van der Waals surface area contributed by atoms with Crippen molar-refractivity contribution in [3.63, 3.8) is 0 Å². The van der Waals surface area contributed by atoms with Crippen molar-refractivity contribution in [2.45, 2.75) is 36.2 Å². The Balaban J connectivity index is 1.78. The fraction of sp³-hybridized carbons (Fsp3) is 0.533. The van der Waals surface area contributed by atoms with Gasteiger partial charge in [-0.25, -0.2) is 13.1 Å². The Kier molecular flexibility index (Phi) is 4.20. The van der Waals surface area contributed by atoms with Gasteiger partial charge in [-0.05, 0) is 25.0 Å². The second-order valence-electron chi connectivity index (χ2n) is 5.82. The van der Waals surface area contributed by atoms with E-state index < -0.39 is 16.1 Å². The van der Waals surface area contributed by atoms with Crippen molar-refractivity contribution >= 4 is 15.9 Å². The van der Waals surface area contributed by atoms with E-state index in [1.165, 1.54) is 26.4 Å². The monoisotopic (exact) mass is 340 g/mol. The highest BCUT2D eigenvalue weighted by atomic mass is 32.2. The summed E-state index contributed by atoms with van der Waals surface area (Å²) in [4.78, 5) is 13.8. The number of likely N-dealkylation sites (tertiary alicyclic amines) is 1. The number of carbonyl (C=O) groups excluding carboxylic acids is 1. The minimum atomic E-state index is -3.77. The highest BCUT2D eigenvalue weighted by Gasteiger charge is 2.40. The van der Waals surface area contributed by atoms with Gasteiger partial charge in [0.05, 0.1) is 14.2 Å². The second-order valence-corrected chi connectivity index (χ2v) is 7.50. The number of ether oxygens (including phenoxy) is 2. The molecule has 3 rings (SSSR count). The van der Waals surface area contributed by atoms with Gasteiger partial charge < -0.3 is 14.4 Å². The molecule has 126 valence electrons. The van der Waals surface area contributed by atoms with Crippen LogP contribution in [0.3, 0.4) is 0 Å². The van der Waals surface area contributed by atoms with Gasteiger partial charge in [0.15, 0.2) is 0 Å². The standard InChI is InChI=1S/C15H20N2O5S/c1-21-12-5-6-14(13(8-12)22-2)23(19,20)16-10-7-15(18)17(9-10)11-3-4-11/h5-6,8,10-11,16H,3-4,7,9H2,1-2H3. The number of amides is 1. The molecule has 2 fully saturated rings. The molecule has 23 heavy (non-hydrogen) atoms. The number of benzene rings is 1. The summed E-state index contributed by atoms with van der Waals surface area (Å²) in [5, 5.41) is 0. The number of carbonyl (C=O) groups is 1. The molecule has 1 saturated heterocycles. The molecule has 1 aliphatic carbocycles. The van der Waals surface area contributed by atoms with E-state index in [0.29, 0.717) is 18.3 Å². The number of sulfonamides is 1. The van der Waals surface area contributed by atoms with Gasteiger partial charge in [0.25, 0.3) is 0 Å². The molecule has 8 heteroatoms. The zero-order chi connectivity index (χ0) is 16.6. The third-order valence-electron chi connectivity index (χ3n) is 4.13. The lowest BCUT2D eigenvalue weighted by Crippen LogP contribution is -2.37. The molecule has 1 aromatic carbocycles. The highest BCUT2D eigenvalue weighted by Crippen LogP contribution is 2.32. The van der Waals surface area contributed by atoms with Crippen LogP contribution in [0.2, 0.25) is 0 Å². The average Bonchev–Trinajstić information content (AvgIpc) is 3.30. The van der Waals surface area contributed by atoms with Gasteiger partial charge >= 0.3 is 0 Å². The summed E-state index contributed by atoms with van der Waals surface area (Å²) in [6, 6.07) is 4.42. The van der Waals surface area contributed by atoms with E-state index in [1.807, 2.05) is 0 Å². The smallest absolute Gasteiger partial charge is 0.244 e. The van der Waals surface area contributed by atoms with Crippen LogP contribution in [0.5, 0.6) is 11.5 Å². The summed E-state index contributed by atoms with van der Waals surface area (Å²) in [5.41, 5.74) is 0. The fourth-order valence-electron chi connectivity index (χ4n) is 2.83. The molecule has 1 unspecified atom stereocenters. The van der Waals surface area contributed by atoms with Crippen molar-refractivity contribution < 1.29 is 22.7 Å². The van der Waals surface area contributed by atoms with E-state index in [0.717, 1.165) is 12.8 Å². The first kappa shape index (κ1) is 16.1. The number of hydrogen-bond donors (Lipinski definition) is 1. The summed E-state index contributed by atoms with van der Waals surface area (Å²) in [5.74, 6) is 0.735. The van der Waals surface area contributed by atoms with Crippen LogP contribution in [0.15, 0.2) is 23.1 Å². The lowest BCUT2D eigenvalue weighted by molar-refractivity contribution is -0.128. The number of rotatable bonds is 6. The SMILES string of the molecule is COc1ccc(S(=O)(=O)NC2CC(=O)N(C3CC3)C2)c(OC)c1. The van der Waals surface area contributed by atoms with E-state index in [1.54, 1.807) is 11.0 Å². The van der Waals surface area contributed by atoms with Crippen molar-refractivity contribution in [2.75, 3.05) is 20.8 Å². The molecule has 1 aliphatic heterocycles. The number of methoxy groups -OCH3 is 2. The molecule has 1 amide bonds. The lowest BCUT2D eigenvalue weighted by Gasteiger charge is -2.17. The first-order chi connectivity index (χ1) is 10.9. The molecule has 1 saturated carbocycles. The summed E-state index contributed by atoms with van der Waals surface area (Å²) in [6.07, 6.45) is 2.23. The minimum absolute atomic E-state index is 0.0156. The Bertz CT molecular complexity index is 715. The van der Waals surface area contributed by atoms with Gasteiger partial charge in [-0.1, -0.05) is 0 Å². The van der Waals surface area contributed by atoms with Gasteiger partial charge in [-0.2, -0.15) is 0 Å². The van der Waals surface area contributed by atoms with Crippen LogP contribution in [0.1, 0.15) is 19.3 Å². The molecule has 1 heterocycles. The first-order valence-electron chi connectivity index (χ1n) is 7.48. The third kappa shape index (κ3) is 3.28. The van der Waals surface area contributed by atoms with E-state index in [-0.39, 0.29) is 23.0 Å². The quantitative estimate of drug-likeness (QED) is 0.826. The van der Waals surface area contributed by atoms with Crippen LogP contribution in [-0.4, -0.2) is 52.1 Å². The highest BCUT2D eigenvalue weighted by molar-refractivity contribution is 7.89. The first-order valence-corrected chi connectivity index (χ1v) is 8.96. The maximum Gasteiger partial charge on any atom is 0.244 e. The Morgan fingerprint density at radius 3 is 2.57 bits per heavy atom. The Labute approximate surface area is 135 Å². The van der Waals surface area contributed by atoms with Crippen molar-refractivity contribution in [3.05, 3.63) is 18.2 Å². The number of nitrogens with one attached hydrogen (secondary N) is 1. The molecule has 0 radical (unpaired) electrons. The fourth-order valence-corrected chi connectivity index (χ4v) is 4.21. The van der Waals surface area contributed by atoms with E-state index >= 15 is 0 Å². The molecule has 0 spiro atoms. The molecular weight excluding hydrogens is 320 g/mol. The summed E-state index contributed by atoms with van der Waals surface area (Å²) in [6.45, 7) is 0.432. The largest absolute Gasteiger partial charge is 0.497 e. The molecule has 0 aromatic heterocycles. The van der Waals surface area contributed by atoms with Crippen LogP contribution in [0.25, 0.3) is 0 Å². The Morgan fingerprint density at radius 2 is 1.96 bits per heavy atom. The second kappa shape index (κ2) is 6.01. The summed E-state index contributed by atoms with van der Waals surface area (Å²) >= 11 is 0. The van der Waals surface area contributed by atoms with Crippen LogP contribution < -0.4 is 14.2 Å². The molecule has 1 aromatic rings. The third-order valence-corrected chi connectivity index (χ3v) is 5.69. The van der Waals surface area contributed by atoms with Crippen molar-refractivity contribution in [2.24, 2.45) is 0 Å². The molecule has 1 N–H and O–H groups in total. The van der Waals surface area contributed by atoms with E-state index in [2.05, 4.69) is 4.72 Å². The Hall–Kier alpha value is -1.80. The predicted octanol–water partition coefficient (Wildman–Crippen LogP) is 0.745. The molecular formula is C15H20N2O5S. The van der Waals surface area contributed by atoms with Gasteiger partial charge in [-0.15, -0.1) is 0 Å². The molecule has 7 nitrogen and oxygen atoms in total. The number of hydrogen-bond acceptors (Lipinski definition) is 5. The normalized spacial score (nSPS) is 21.6. The molecule has 2 aliphatic rings. The Morgan fingerprint density at radius 1 is 1.22 bits per heavy atom. The van der Waals surface area contributed by atoms with Crippen LogP contribution in [-0.2, 0) is 14.8 Å². The van der Waals surface area contributed by atoms with Crippen LogP contribution in [0.4, 0.5) is 0 Å². The molecule has 1 atom stereocenters. The number of nitrogens with zero attached hydrogens (tertiary/aromatic N) is 1. The van der Waals surface area contributed by atoms with Crippen LogP contribution in [0, 0.1) is 0 Å². The van der Waals surface area contributed by atoms with Crippen molar-refractivity contribution in [1.82, 2.24) is 9.62 Å².